The van der Waals surface area contributed by atoms with Crippen molar-refractivity contribution in [3.8, 4) is 22.6 Å². The summed E-state index contributed by atoms with van der Waals surface area (Å²) in [5.41, 5.74) is 3.96. The topological polar surface area (TPSA) is 101 Å². The highest BCUT2D eigenvalue weighted by molar-refractivity contribution is 5.77. The molecule has 9 nitrogen and oxygen atoms in total. The van der Waals surface area contributed by atoms with Crippen molar-refractivity contribution >= 4 is 17.9 Å². The fourth-order valence-electron chi connectivity index (χ4n) is 7.25. The van der Waals surface area contributed by atoms with E-state index in [0.717, 1.165) is 59.4 Å². The molecular weight excluding hydrogens is 538 g/mol. The Bertz CT molecular complexity index is 1330. The molecule has 2 aromatic rings. The molecule has 0 aliphatic carbocycles. The Morgan fingerprint density at radius 2 is 1.43 bits per heavy atom. The maximum absolute atomic E-state index is 12.3. The maximum Gasteiger partial charge on any atom is 0.303 e. The zero-order valence-corrected chi connectivity index (χ0v) is 25.1. The lowest BCUT2D eigenvalue weighted by molar-refractivity contribution is -0.192. The summed E-state index contributed by atoms with van der Waals surface area (Å²) < 4.78 is 29.2. The molecule has 3 aliphatic rings. The summed E-state index contributed by atoms with van der Waals surface area (Å²) in [5.74, 6) is 0.338. The summed E-state index contributed by atoms with van der Waals surface area (Å²) in [6.07, 6.45) is 3.65. The fraction of sp³-hybridized carbons (Fsp3) is 0.545. The number of rotatable bonds is 5. The number of piperidine rings is 2. The summed E-state index contributed by atoms with van der Waals surface area (Å²) in [7, 11) is 3.31. The van der Waals surface area contributed by atoms with Crippen molar-refractivity contribution in [1.82, 2.24) is 4.90 Å². The van der Waals surface area contributed by atoms with E-state index >= 15 is 0 Å². The van der Waals surface area contributed by atoms with Gasteiger partial charge < -0.3 is 23.7 Å². The smallest absolute Gasteiger partial charge is 0.303 e. The number of aryl methyl sites for hydroxylation is 1. The minimum Gasteiger partial charge on any atom is -0.496 e. The highest BCUT2D eigenvalue weighted by atomic mass is 16.6. The summed E-state index contributed by atoms with van der Waals surface area (Å²) in [4.78, 5) is 39.2. The Kier molecular flexibility index (Phi) is 9.06. The Balaban J connectivity index is 1.69. The van der Waals surface area contributed by atoms with E-state index < -0.39 is 24.1 Å². The van der Waals surface area contributed by atoms with Gasteiger partial charge in [0.15, 0.2) is 6.10 Å². The minimum absolute atomic E-state index is 0.0680. The molecule has 2 aromatic carbocycles. The van der Waals surface area contributed by atoms with Crippen LogP contribution in [0.15, 0.2) is 36.4 Å². The van der Waals surface area contributed by atoms with Gasteiger partial charge in [-0.15, -0.1) is 0 Å². The van der Waals surface area contributed by atoms with E-state index in [-0.39, 0.29) is 30.2 Å². The van der Waals surface area contributed by atoms with Crippen LogP contribution < -0.4 is 9.47 Å². The van der Waals surface area contributed by atoms with Crippen LogP contribution in [0, 0.1) is 0 Å². The Hall–Kier alpha value is -3.59. The summed E-state index contributed by atoms with van der Waals surface area (Å²) in [5, 5.41) is 0. The molecule has 3 heterocycles. The quantitative estimate of drug-likeness (QED) is 0.351. The molecule has 0 N–H and O–H groups in total. The van der Waals surface area contributed by atoms with E-state index in [4.69, 9.17) is 23.7 Å². The molecule has 0 spiro atoms. The van der Waals surface area contributed by atoms with Crippen LogP contribution in [0.3, 0.4) is 0 Å². The molecule has 0 amide bonds. The molecular formula is C33H41NO8. The number of nitrogens with zero attached hydrogens (tertiary/aromatic N) is 1. The van der Waals surface area contributed by atoms with Crippen molar-refractivity contribution < 1.29 is 38.1 Å². The predicted octanol–water partition coefficient (Wildman–Crippen LogP) is 5.17. The van der Waals surface area contributed by atoms with Gasteiger partial charge in [0, 0.05) is 50.4 Å². The zero-order chi connectivity index (χ0) is 30.0. The molecule has 0 aromatic heterocycles. The van der Waals surface area contributed by atoms with Crippen LogP contribution in [-0.4, -0.2) is 67.4 Å². The van der Waals surface area contributed by atoms with Crippen molar-refractivity contribution in [3.63, 3.8) is 0 Å². The van der Waals surface area contributed by atoms with Gasteiger partial charge >= 0.3 is 17.9 Å². The molecule has 0 radical (unpaired) electrons. The largest absolute Gasteiger partial charge is 0.496 e. The average Bonchev–Trinajstić information content (AvgIpc) is 2.95. The van der Waals surface area contributed by atoms with Gasteiger partial charge in [-0.05, 0) is 67.5 Å². The van der Waals surface area contributed by atoms with Crippen LogP contribution in [0.4, 0.5) is 0 Å². The number of carbonyl (C=O) groups excluding carboxylic acids is 3. The first-order valence-electron chi connectivity index (χ1n) is 14.8. The highest BCUT2D eigenvalue weighted by Gasteiger charge is 2.51. The third-order valence-electron chi connectivity index (χ3n) is 8.81. The lowest BCUT2D eigenvalue weighted by Crippen LogP contribution is -2.62. The van der Waals surface area contributed by atoms with Gasteiger partial charge in [-0.1, -0.05) is 18.6 Å². The molecule has 226 valence electrons. The van der Waals surface area contributed by atoms with E-state index in [1.54, 1.807) is 14.2 Å². The number of ether oxygens (including phenoxy) is 5. The first-order valence-corrected chi connectivity index (χ1v) is 14.8. The summed E-state index contributed by atoms with van der Waals surface area (Å²) in [6.45, 7) is 4.24. The molecule has 0 saturated carbocycles. The van der Waals surface area contributed by atoms with E-state index in [1.165, 1.54) is 20.8 Å². The van der Waals surface area contributed by atoms with Crippen molar-refractivity contribution in [2.45, 2.75) is 102 Å². The Morgan fingerprint density at radius 3 is 2.10 bits per heavy atom. The van der Waals surface area contributed by atoms with E-state index in [0.29, 0.717) is 19.3 Å². The van der Waals surface area contributed by atoms with Crippen molar-refractivity contribution in [2.75, 3.05) is 14.2 Å². The first-order chi connectivity index (χ1) is 20.2. The standard InChI is InChI=1S/C33H41NO8/c1-19(35)40-25-12-9-22-10-13-30(38-4)26(15-22)27-16-23(11-14-31(27)39-5)29-18-32(41-20(2)36)33(42-21(3)37)28-8-6-7-24(17-25)34(28)29/h10-11,13-16,24-25,28-29,32-33H,6-9,12,17-18H2,1-5H3/t24-,25-,28+,29-,32+,33+/m0/s1. The molecule has 4 bridgehead atoms. The lowest BCUT2D eigenvalue weighted by Gasteiger charge is -2.54. The van der Waals surface area contributed by atoms with Gasteiger partial charge in [0.25, 0.3) is 0 Å². The van der Waals surface area contributed by atoms with E-state index in [9.17, 15) is 14.4 Å². The molecule has 42 heavy (non-hydrogen) atoms. The second-order valence-corrected chi connectivity index (χ2v) is 11.6. The normalized spacial score (nSPS) is 27.2. The number of esters is 3. The number of carbonyl (C=O) groups is 3. The SMILES string of the molecule is COc1ccc2cc1-c1cc(ccc1OC)[C@@H]1C[C@@H](OC(C)=O)[C@H](OC(C)=O)[C@H]3CCC[C@@H](C[C@@H](OC(C)=O)CC2)N31. The van der Waals surface area contributed by atoms with Gasteiger partial charge in [0.2, 0.25) is 0 Å². The maximum atomic E-state index is 12.3. The van der Waals surface area contributed by atoms with Crippen molar-refractivity contribution in [1.29, 1.82) is 0 Å². The number of fused-ring (bicyclic) bond motifs is 6. The molecule has 0 unspecified atom stereocenters. The van der Waals surface area contributed by atoms with Gasteiger partial charge in [0.05, 0.1) is 20.3 Å². The number of hydrogen-bond acceptors (Lipinski definition) is 9. The Labute approximate surface area is 247 Å². The predicted molar refractivity (Wildman–Crippen MR) is 155 cm³/mol. The number of benzene rings is 2. The van der Waals surface area contributed by atoms with Crippen LogP contribution in [0.5, 0.6) is 11.5 Å². The van der Waals surface area contributed by atoms with Crippen LogP contribution in [0.1, 0.15) is 76.5 Å². The minimum atomic E-state index is -0.597. The van der Waals surface area contributed by atoms with Crippen molar-refractivity contribution in [2.24, 2.45) is 0 Å². The van der Waals surface area contributed by atoms with E-state index in [2.05, 4.69) is 29.2 Å². The summed E-state index contributed by atoms with van der Waals surface area (Å²) >= 11 is 0. The average molecular weight is 580 g/mol. The van der Waals surface area contributed by atoms with Crippen LogP contribution >= 0.6 is 0 Å². The molecule has 5 rings (SSSR count). The number of methoxy groups -OCH3 is 2. The van der Waals surface area contributed by atoms with Crippen LogP contribution in [0.25, 0.3) is 11.1 Å². The van der Waals surface area contributed by atoms with Gasteiger partial charge in [-0.2, -0.15) is 0 Å². The molecule has 3 aliphatic heterocycles. The third-order valence-corrected chi connectivity index (χ3v) is 8.81. The lowest BCUT2D eigenvalue weighted by atomic mass is 9.78. The van der Waals surface area contributed by atoms with Gasteiger partial charge in [-0.25, -0.2) is 0 Å². The molecule has 2 saturated heterocycles. The summed E-state index contributed by atoms with van der Waals surface area (Å²) in [6, 6.07) is 12.1. The first kappa shape index (κ1) is 29.9. The fourth-order valence-corrected chi connectivity index (χ4v) is 7.25. The number of hydrogen-bond donors (Lipinski definition) is 0. The monoisotopic (exact) mass is 579 g/mol. The van der Waals surface area contributed by atoms with Crippen LogP contribution in [-0.2, 0) is 35.0 Å². The Morgan fingerprint density at radius 1 is 0.762 bits per heavy atom. The molecule has 6 atom stereocenters. The molecule has 9 heteroatoms. The third kappa shape index (κ3) is 6.26. The second kappa shape index (κ2) is 12.7. The van der Waals surface area contributed by atoms with Crippen molar-refractivity contribution in [3.05, 3.63) is 47.5 Å². The van der Waals surface area contributed by atoms with E-state index in [1.807, 2.05) is 12.1 Å². The van der Waals surface area contributed by atoms with Crippen LogP contribution in [0.2, 0.25) is 0 Å². The highest BCUT2D eigenvalue weighted by Crippen LogP contribution is 2.47. The van der Waals surface area contributed by atoms with Gasteiger partial charge in [-0.3, -0.25) is 19.3 Å². The molecule has 2 fully saturated rings. The van der Waals surface area contributed by atoms with Gasteiger partial charge in [0.1, 0.15) is 23.7 Å². The zero-order valence-electron chi connectivity index (χ0n) is 25.1. The second-order valence-electron chi connectivity index (χ2n) is 11.6.